The number of hydrogen-bond acceptors (Lipinski definition) is 4. The molecule has 0 heterocycles. The third-order valence-electron chi connectivity index (χ3n) is 5.58. The van der Waals surface area contributed by atoms with Crippen molar-refractivity contribution in [1.82, 2.24) is 0 Å². The lowest BCUT2D eigenvalue weighted by Gasteiger charge is -2.16. The number of benzene rings is 4. The van der Waals surface area contributed by atoms with Gasteiger partial charge in [0.1, 0.15) is 11.6 Å². The van der Waals surface area contributed by atoms with E-state index in [4.69, 9.17) is 4.74 Å². The minimum Gasteiger partial charge on any atom is -0.469 e. The van der Waals surface area contributed by atoms with E-state index in [1.165, 1.54) is 43.5 Å². The maximum atomic E-state index is 14.1. The molecule has 0 unspecified atom stereocenters. The number of hydrogen-bond donors (Lipinski definition) is 1. The number of carbonyl (C=O) groups is 1. The Kier molecular flexibility index (Phi) is 6.34. The highest BCUT2D eigenvalue weighted by atomic mass is 32.2. The van der Waals surface area contributed by atoms with Crippen LogP contribution in [-0.2, 0) is 26.0 Å². The molecule has 0 aliphatic carbocycles. The lowest BCUT2D eigenvalue weighted by Crippen LogP contribution is -2.12. The van der Waals surface area contributed by atoms with Gasteiger partial charge in [-0.25, -0.2) is 17.2 Å². The SMILES string of the molecule is COC(=O)Cc1cc2ccc(F)cc2c(-c2ccc(S(=O)(=O)Nc3ccc(F)cc3)cc2)c1C. The quantitative estimate of drug-likeness (QED) is 0.364. The number of fused-ring (bicyclic) bond motifs is 1. The van der Waals surface area contributed by atoms with Crippen LogP contribution in [0.1, 0.15) is 11.1 Å². The molecule has 34 heavy (non-hydrogen) atoms. The molecule has 8 heteroatoms. The van der Waals surface area contributed by atoms with E-state index in [1.807, 2.05) is 13.0 Å². The van der Waals surface area contributed by atoms with E-state index in [1.54, 1.807) is 18.2 Å². The summed E-state index contributed by atoms with van der Waals surface area (Å²) in [5, 5.41) is 1.39. The van der Waals surface area contributed by atoms with Gasteiger partial charge in [-0.15, -0.1) is 0 Å². The molecule has 0 saturated carbocycles. The second-order valence-corrected chi connectivity index (χ2v) is 9.47. The molecule has 174 valence electrons. The highest BCUT2D eigenvalue weighted by Crippen LogP contribution is 2.35. The predicted octanol–water partition coefficient (Wildman–Crippen LogP) is 5.61. The van der Waals surface area contributed by atoms with E-state index in [9.17, 15) is 22.0 Å². The third-order valence-corrected chi connectivity index (χ3v) is 6.98. The van der Waals surface area contributed by atoms with E-state index < -0.39 is 27.6 Å². The summed E-state index contributed by atoms with van der Waals surface area (Å²) < 4.78 is 59.9. The molecular formula is C26H21F2NO4S. The van der Waals surface area contributed by atoms with Crippen molar-refractivity contribution in [2.45, 2.75) is 18.2 Å². The summed E-state index contributed by atoms with van der Waals surface area (Å²) in [5.74, 6) is -1.28. The zero-order valence-corrected chi connectivity index (χ0v) is 19.2. The molecule has 4 aromatic carbocycles. The molecule has 0 atom stereocenters. The molecule has 0 spiro atoms. The van der Waals surface area contributed by atoms with Crippen LogP contribution in [0.25, 0.3) is 21.9 Å². The van der Waals surface area contributed by atoms with E-state index >= 15 is 0 Å². The Hall–Kier alpha value is -3.78. The number of carbonyl (C=O) groups excluding carboxylic acids is 1. The van der Waals surface area contributed by atoms with Gasteiger partial charge in [-0.3, -0.25) is 9.52 Å². The van der Waals surface area contributed by atoms with E-state index in [0.29, 0.717) is 16.5 Å². The molecule has 0 aromatic heterocycles. The van der Waals surface area contributed by atoms with Gasteiger partial charge in [-0.05, 0) is 88.5 Å². The van der Waals surface area contributed by atoms with Crippen molar-refractivity contribution < 1.29 is 26.7 Å². The zero-order chi connectivity index (χ0) is 24.5. The first-order chi connectivity index (χ1) is 16.2. The molecule has 0 aliphatic rings. The van der Waals surface area contributed by atoms with Gasteiger partial charge in [-0.2, -0.15) is 0 Å². The first-order valence-electron chi connectivity index (χ1n) is 10.4. The standard InChI is InChI=1S/C26H21F2NO4S/c1-16-19(14-25(30)33-2)13-18-3-6-21(28)15-24(18)26(16)17-4-11-23(12-5-17)34(31,32)29-22-9-7-20(27)8-10-22/h3-13,15,29H,14H2,1-2H3. The Morgan fingerprint density at radius 2 is 1.56 bits per heavy atom. The maximum absolute atomic E-state index is 14.1. The molecule has 1 N–H and O–H groups in total. The Morgan fingerprint density at radius 1 is 0.912 bits per heavy atom. The molecule has 0 aliphatic heterocycles. The third kappa shape index (κ3) is 4.77. The first-order valence-corrected chi connectivity index (χ1v) is 11.8. The maximum Gasteiger partial charge on any atom is 0.309 e. The van der Waals surface area contributed by atoms with Gasteiger partial charge in [0.25, 0.3) is 10.0 Å². The fourth-order valence-corrected chi connectivity index (χ4v) is 4.90. The van der Waals surface area contributed by atoms with E-state index in [2.05, 4.69) is 4.72 Å². The van der Waals surface area contributed by atoms with Crippen molar-refractivity contribution in [3.05, 3.63) is 95.6 Å². The summed E-state index contributed by atoms with van der Waals surface area (Å²) in [5.41, 5.74) is 3.10. The number of methoxy groups -OCH3 is 1. The van der Waals surface area contributed by atoms with E-state index in [-0.39, 0.29) is 17.0 Å². The number of nitrogens with one attached hydrogen (secondary N) is 1. The molecule has 0 fully saturated rings. The molecule has 4 aromatic rings. The monoisotopic (exact) mass is 481 g/mol. The van der Waals surface area contributed by atoms with E-state index in [0.717, 1.165) is 28.6 Å². The molecule has 0 bridgehead atoms. The van der Waals surface area contributed by atoms with Crippen LogP contribution >= 0.6 is 0 Å². The van der Waals surface area contributed by atoms with Gasteiger partial charge in [-0.1, -0.05) is 24.3 Å². The van der Waals surface area contributed by atoms with Crippen LogP contribution < -0.4 is 4.72 Å². The van der Waals surface area contributed by atoms with Crippen molar-refractivity contribution in [1.29, 1.82) is 0 Å². The van der Waals surface area contributed by atoms with Gasteiger partial charge >= 0.3 is 5.97 Å². The smallest absolute Gasteiger partial charge is 0.309 e. The van der Waals surface area contributed by atoms with Crippen molar-refractivity contribution in [2.75, 3.05) is 11.8 Å². The van der Waals surface area contributed by atoms with Gasteiger partial charge in [0.15, 0.2) is 0 Å². The van der Waals surface area contributed by atoms with Crippen molar-refractivity contribution >= 4 is 32.5 Å². The van der Waals surface area contributed by atoms with Crippen LogP contribution in [0.4, 0.5) is 14.5 Å². The lowest BCUT2D eigenvalue weighted by atomic mass is 9.89. The normalized spacial score (nSPS) is 11.4. The fraction of sp³-hybridized carbons (Fsp3) is 0.115. The van der Waals surface area contributed by atoms with Crippen LogP contribution in [0, 0.1) is 18.6 Å². The number of ether oxygens (including phenoxy) is 1. The largest absolute Gasteiger partial charge is 0.469 e. The summed E-state index contributed by atoms with van der Waals surface area (Å²) in [6.45, 7) is 1.83. The van der Waals surface area contributed by atoms with Gasteiger partial charge in [0.05, 0.1) is 18.4 Å². The van der Waals surface area contributed by atoms with Crippen molar-refractivity contribution in [3.63, 3.8) is 0 Å². The summed E-state index contributed by atoms with van der Waals surface area (Å²) in [6.07, 6.45) is 0.0523. The van der Waals surface area contributed by atoms with Crippen LogP contribution in [0.5, 0.6) is 0 Å². The summed E-state index contributed by atoms with van der Waals surface area (Å²) in [6, 6.07) is 17.4. The summed E-state index contributed by atoms with van der Waals surface area (Å²) in [7, 11) is -2.59. The van der Waals surface area contributed by atoms with Crippen LogP contribution in [0.2, 0.25) is 0 Å². The minimum absolute atomic E-state index is 0.0134. The molecule has 0 amide bonds. The highest BCUT2D eigenvalue weighted by molar-refractivity contribution is 7.92. The van der Waals surface area contributed by atoms with Crippen LogP contribution in [0.3, 0.4) is 0 Å². The molecule has 0 radical (unpaired) electrons. The Labute approximate surface area is 196 Å². The highest BCUT2D eigenvalue weighted by Gasteiger charge is 2.18. The lowest BCUT2D eigenvalue weighted by molar-refractivity contribution is -0.139. The molecular weight excluding hydrogens is 460 g/mol. The topological polar surface area (TPSA) is 72.5 Å². The zero-order valence-electron chi connectivity index (χ0n) is 18.4. The van der Waals surface area contributed by atoms with Crippen LogP contribution in [0.15, 0.2) is 77.7 Å². The van der Waals surface area contributed by atoms with Crippen molar-refractivity contribution in [3.8, 4) is 11.1 Å². The van der Waals surface area contributed by atoms with Crippen LogP contribution in [-0.4, -0.2) is 21.5 Å². The second-order valence-electron chi connectivity index (χ2n) is 7.79. The van der Waals surface area contributed by atoms with Crippen molar-refractivity contribution in [2.24, 2.45) is 0 Å². The number of rotatable bonds is 6. The van der Waals surface area contributed by atoms with Gasteiger partial charge in [0, 0.05) is 5.69 Å². The average molecular weight is 482 g/mol. The number of anilines is 1. The fourth-order valence-electron chi connectivity index (χ4n) is 3.85. The predicted molar refractivity (Wildman–Crippen MR) is 127 cm³/mol. The average Bonchev–Trinajstić information content (AvgIpc) is 2.81. The molecule has 5 nitrogen and oxygen atoms in total. The number of halogens is 2. The minimum atomic E-state index is -3.91. The Morgan fingerprint density at radius 3 is 2.21 bits per heavy atom. The summed E-state index contributed by atoms with van der Waals surface area (Å²) >= 11 is 0. The number of esters is 1. The second kappa shape index (κ2) is 9.23. The molecule has 4 rings (SSSR count). The number of sulfonamides is 1. The summed E-state index contributed by atoms with van der Waals surface area (Å²) in [4.78, 5) is 11.9. The Balaban J connectivity index is 1.77. The first kappa shape index (κ1) is 23.4. The Bertz CT molecular complexity index is 1480. The van der Waals surface area contributed by atoms with Gasteiger partial charge in [0.2, 0.25) is 0 Å². The molecule has 0 saturated heterocycles. The van der Waals surface area contributed by atoms with Gasteiger partial charge < -0.3 is 4.74 Å².